The Balaban J connectivity index is 1.48. The molecule has 2 unspecified atom stereocenters. The minimum Gasteiger partial charge on any atom is -0.365 e. The van der Waals surface area contributed by atoms with Crippen molar-refractivity contribution < 1.29 is 9.18 Å². The van der Waals surface area contributed by atoms with Crippen molar-refractivity contribution in [1.29, 1.82) is 0 Å². The lowest BCUT2D eigenvalue weighted by Gasteiger charge is -2.24. The number of amides is 1. The van der Waals surface area contributed by atoms with Gasteiger partial charge in [-0.25, -0.2) is 9.38 Å². The number of nitrogens with one attached hydrogen (secondary N) is 1. The zero-order valence-corrected chi connectivity index (χ0v) is 17.8. The van der Waals surface area contributed by atoms with Crippen molar-refractivity contribution in [2.75, 3.05) is 13.1 Å². The van der Waals surface area contributed by atoms with Crippen molar-refractivity contribution >= 4 is 12.6 Å². The summed E-state index contributed by atoms with van der Waals surface area (Å²) in [6.07, 6.45) is 2.22. The van der Waals surface area contributed by atoms with E-state index in [0.29, 0.717) is 23.6 Å². The molecule has 1 heterocycles. The number of benzene rings is 1. The van der Waals surface area contributed by atoms with Crippen LogP contribution in [0.2, 0.25) is 0 Å². The summed E-state index contributed by atoms with van der Waals surface area (Å²) >= 11 is 0. The molecular formula is C24H30FN3O. The monoisotopic (exact) mass is 395 g/mol. The van der Waals surface area contributed by atoms with E-state index in [4.69, 9.17) is 0 Å². The Morgan fingerprint density at radius 3 is 2.24 bits per heavy atom. The van der Waals surface area contributed by atoms with Crippen LogP contribution in [0.5, 0.6) is 0 Å². The first-order valence-corrected chi connectivity index (χ1v) is 10.4. The van der Waals surface area contributed by atoms with Gasteiger partial charge in [0.05, 0.1) is 0 Å². The summed E-state index contributed by atoms with van der Waals surface area (Å²) in [5.41, 5.74) is 3.86. The summed E-state index contributed by atoms with van der Waals surface area (Å²) in [6.45, 7) is 13.3. The molecule has 1 N–H and O–H groups in total. The van der Waals surface area contributed by atoms with Gasteiger partial charge in [0.1, 0.15) is 11.6 Å². The van der Waals surface area contributed by atoms with E-state index in [1.165, 1.54) is 17.7 Å². The van der Waals surface area contributed by atoms with Crippen LogP contribution in [-0.4, -0.2) is 36.2 Å². The first-order valence-electron chi connectivity index (χ1n) is 10.4. The number of piperidine rings is 1. The van der Waals surface area contributed by atoms with E-state index in [2.05, 4.69) is 24.0 Å². The van der Waals surface area contributed by atoms with Gasteiger partial charge in [-0.15, -0.1) is 0 Å². The molecular weight excluding hydrogens is 365 g/mol. The SMILES string of the molecule is C=N/C(NC1(C)CC1)=C(\C)C(C(=O)N1CC2C(C1)C2c1ccc(F)cc1)=C(C)C. The number of hydrogen-bond donors (Lipinski definition) is 1. The van der Waals surface area contributed by atoms with Gasteiger partial charge in [-0.1, -0.05) is 17.7 Å². The lowest BCUT2D eigenvalue weighted by atomic mass is 10.00. The molecule has 0 radical (unpaired) electrons. The van der Waals surface area contributed by atoms with Crippen LogP contribution in [0.4, 0.5) is 4.39 Å². The number of carbonyl (C=O) groups is 1. The number of halogens is 1. The van der Waals surface area contributed by atoms with Gasteiger partial charge in [0, 0.05) is 29.8 Å². The van der Waals surface area contributed by atoms with Gasteiger partial charge in [-0.2, -0.15) is 0 Å². The molecule has 1 amide bonds. The van der Waals surface area contributed by atoms with Crippen LogP contribution >= 0.6 is 0 Å². The molecule has 3 aliphatic rings. The standard InChI is InChI=1S/C24H30FN3O/c1-14(2)20(15(3)22(26-5)27-24(4)10-11-24)23(29)28-12-18-19(13-28)21(18)16-6-8-17(25)9-7-16/h6-9,18-19,21,27H,5,10-13H2,1-4H3/b22-15-. The highest BCUT2D eigenvalue weighted by Gasteiger charge is 2.57. The largest absolute Gasteiger partial charge is 0.365 e. The van der Waals surface area contributed by atoms with Crippen LogP contribution in [0, 0.1) is 17.7 Å². The van der Waals surface area contributed by atoms with Gasteiger partial charge in [-0.3, -0.25) is 4.79 Å². The second kappa shape index (κ2) is 7.12. The van der Waals surface area contributed by atoms with Gasteiger partial charge in [0.15, 0.2) is 0 Å². The lowest BCUT2D eigenvalue weighted by molar-refractivity contribution is -0.126. The summed E-state index contributed by atoms with van der Waals surface area (Å²) in [6, 6.07) is 6.81. The van der Waals surface area contributed by atoms with E-state index < -0.39 is 0 Å². The Bertz CT molecular complexity index is 895. The molecule has 0 aromatic heterocycles. The number of hydrogen-bond acceptors (Lipinski definition) is 3. The second-order valence-corrected chi connectivity index (χ2v) is 9.31. The fourth-order valence-corrected chi connectivity index (χ4v) is 4.75. The molecule has 2 saturated carbocycles. The van der Waals surface area contributed by atoms with Gasteiger partial charge in [0.2, 0.25) is 0 Å². The highest BCUT2D eigenvalue weighted by molar-refractivity contribution is 5.98. The van der Waals surface area contributed by atoms with Gasteiger partial charge >= 0.3 is 0 Å². The number of nitrogens with zero attached hydrogens (tertiary/aromatic N) is 2. The molecule has 29 heavy (non-hydrogen) atoms. The molecule has 2 atom stereocenters. The zero-order chi connectivity index (χ0) is 20.9. The molecule has 0 bridgehead atoms. The third-order valence-electron chi connectivity index (χ3n) is 6.76. The molecule has 0 spiro atoms. The van der Waals surface area contributed by atoms with Crippen molar-refractivity contribution in [2.45, 2.75) is 52.0 Å². The number of fused-ring (bicyclic) bond motifs is 1. The molecule has 154 valence electrons. The molecule has 3 fully saturated rings. The first kappa shape index (κ1) is 19.9. The third kappa shape index (κ3) is 3.75. The highest BCUT2D eigenvalue weighted by atomic mass is 19.1. The van der Waals surface area contributed by atoms with Crippen LogP contribution in [0.1, 0.15) is 52.0 Å². The summed E-state index contributed by atoms with van der Waals surface area (Å²) < 4.78 is 13.2. The molecule has 1 aliphatic heterocycles. The average Bonchev–Trinajstić information content (AvgIpc) is 3.53. The Labute approximate surface area is 172 Å². The molecule has 1 aromatic carbocycles. The van der Waals surface area contributed by atoms with Crippen LogP contribution in [-0.2, 0) is 4.79 Å². The maximum atomic E-state index is 13.4. The lowest BCUT2D eigenvalue weighted by Crippen LogP contribution is -2.34. The molecule has 1 saturated heterocycles. The Morgan fingerprint density at radius 2 is 1.76 bits per heavy atom. The highest BCUT2D eigenvalue weighted by Crippen LogP contribution is 2.58. The fraction of sp³-hybridized carbons (Fsp3) is 0.500. The predicted molar refractivity (Wildman–Crippen MR) is 114 cm³/mol. The summed E-state index contributed by atoms with van der Waals surface area (Å²) in [5, 5.41) is 3.46. The minimum absolute atomic E-state index is 0.0746. The minimum atomic E-state index is -0.202. The second-order valence-electron chi connectivity index (χ2n) is 9.31. The van der Waals surface area contributed by atoms with Crippen LogP contribution < -0.4 is 5.32 Å². The Kier molecular flexibility index (Phi) is 4.88. The predicted octanol–water partition coefficient (Wildman–Crippen LogP) is 4.41. The van der Waals surface area contributed by atoms with Crippen molar-refractivity contribution in [3.63, 3.8) is 0 Å². The van der Waals surface area contributed by atoms with Gasteiger partial charge in [0.25, 0.3) is 5.91 Å². The van der Waals surface area contributed by atoms with Crippen molar-refractivity contribution in [1.82, 2.24) is 10.2 Å². The summed E-state index contributed by atoms with van der Waals surface area (Å²) in [5.74, 6) is 2.00. The Morgan fingerprint density at radius 1 is 1.17 bits per heavy atom. The summed E-state index contributed by atoms with van der Waals surface area (Å²) in [4.78, 5) is 19.5. The molecule has 1 aromatic rings. The third-order valence-corrected chi connectivity index (χ3v) is 6.76. The number of aliphatic imine (C=N–C) groups is 1. The normalized spacial score (nSPS) is 26.9. The summed E-state index contributed by atoms with van der Waals surface area (Å²) in [7, 11) is 0. The molecule has 4 rings (SSSR count). The van der Waals surface area contributed by atoms with Crippen molar-refractivity contribution in [3.05, 3.63) is 58.2 Å². The fourth-order valence-electron chi connectivity index (χ4n) is 4.75. The van der Waals surface area contributed by atoms with Crippen molar-refractivity contribution in [2.24, 2.45) is 16.8 Å². The Hall–Kier alpha value is -2.43. The topological polar surface area (TPSA) is 44.7 Å². The van der Waals surface area contributed by atoms with E-state index in [-0.39, 0.29) is 17.3 Å². The van der Waals surface area contributed by atoms with E-state index >= 15 is 0 Å². The van der Waals surface area contributed by atoms with Gasteiger partial charge in [-0.05, 0) is 82.7 Å². The maximum Gasteiger partial charge on any atom is 0.254 e. The zero-order valence-electron chi connectivity index (χ0n) is 17.8. The number of likely N-dealkylation sites (tertiary alicyclic amines) is 1. The van der Waals surface area contributed by atoms with E-state index in [0.717, 1.165) is 42.7 Å². The first-order chi connectivity index (χ1) is 13.7. The number of rotatable bonds is 6. The van der Waals surface area contributed by atoms with Crippen molar-refractivity contribution in [3.8, 4) is 0 Å². The van der Waals surface area contributed by atoms with E-state index in [1.807, 2.05) is 37.8 Å². The van der Waals surface area contributed by atoms with Crippen LogP contribution in [0.15, 0.2) is 51.8 Å². The number of carbonyl (C=O) groups excluding carboxylic acids is 1. The van der Waals surface area contributed by atoms with Crippen LogP contribution in [0.25, 0.3) is 0 Å². The van der Waals surface area contributed by atoms with Gasteiger partial charge < -0.3 is 10.2 Å². The molecule has 4 nitrogen and oxygen atoms in total. The van der Waals surface area contributed by atoms with Crippen LogP contribution in [0.3, 0.4) is 0 Å². The quantitative estimate of drug-likeness (QED) is 0.441. The molecule has 2 aliphatic carbocycles. The smallest absolute Gasteiger partial charge is 0.254 e. The van der Waals surface area contributed by atoms with E-state index in [9.17, 15) is 9.18 Å². The average molecular weight is 396 g/mol. The molecule has 5 heteroatoms. The number of allylic oxidation sites excluding steroid dienone is 1. The maximum absolute atomic E-state index is 13.4. The van der Waals surface area contributed by atoms with E-state index in [1.54, 1.807) is 0 Å².